The summed E-state index contributed by atoms with van der Waals surface area (Å²) >= 11 is 1.59. The van der Waals surface area contributed by atoms with Gasteiger partial charge >= 0.3 is 0 Å². The first-order valence-electron chi connectivity index (χ1n) is 4.69. The molecule has 1 aromatic carbocycles. The fraction of sp³-hybridized carbons (Fsp3) is 0.0909. The molecule has 0 saturated carbocycles. The molecule has 0 spiro atoms. The van der Waals surface area contributed by atoms with Crippen LogP contribution in [-0.2, 0) is 0 Å². The molecule has 2 heterocycles. The lowest BCUT2D eigenvalue weighted by Gasteiger charge is -1.89. The van der Waals surface area contributed by atoms with Gasteiger partial charge in [0, 0.05) is 11.6 Å². The second-order valence-electron chi connectivity index (χ2n) is 3.44. The monoisotopic (exact) mass is 215 g/mol. The van der Waals surface area contributed by atoms with Crippen LogP contribution in [0.4, 0.5) is 0 Å². The zero-order chi connectivity index (χ0) is 10.3. The lowest BCUT2D eigenvalue weighted by atomic mass is 10.2. The fourth-order valence-electron chi connectivity index (χ4n) is 1.57. The Hall–Kier alpha value is -1.68. The van der Waals surface area contributed by atoms with Crippen molar-refractivity contribution in [3.05, 3.63) is 35.3 Å². The van der Waals surface area contributed by atoms with E-state index in [0.717, 1.165) is 21.9 Å². The number of aromatic nitrogens is 3. The van der Waals surface area contributed by atoms with Crippen LogP contribution in [0.15, 0.2) is 29.8 Å². The van der Waals surface area contributed by atoms with Gasteiger partial charge in [-0.2, -0.15) is 0 Å². The van der Waals surface area contributed by atoms with Crippen LogP contribution in [0.2, 0.25) is 0 Å². The number of aryl methyl sites for hydroxylation is 1. The van der Waals surface area contributed by atoms with Gasteiger partial charge in [-0.25, -0.2) is 9.97 Å². The smallest absolute Gasteiger partial charge is 0.167 e. The van der Waals surface area contributed by atoms with E-state index in [1.165, 1.54) is 5.56 Å². The molecule has 0 saturated heterocycles. The van der Waals surface area contributed by atoms with Crippen LogP contribution < -0.4 is 0 Å². The number of benzene rings is 1. The number of nitrogens with one attached hydrogen (secondary N) is 1. The van der Waals surface area contributed by atoms with Gasteiger partial charge in [-0.05, 0) is 24.6 Å². The minimum Gasteiger partial charge on any atom is -0.336 e. The Morgan fingerprint density at radius 3 is 3.07 bits per heavy atom. The van der Waals surface area contributed by atoms with Gasteiger partial charge in [0.2, 0.25) is 0 Å². The summed E-state index contributed by atoms with van der Waals surface area (Å²) < 4.78 is 0. The van der Waals surface area contributed by atoms with Crippen LogP contribution in [0.5, 0.6) is 0 Å². The van der Waals surface area contributed by atoms with E-state index in [4.69, 9.17) is 0 Å². The second kappa shape index (κ2) is 3.17. The van der Waals surface area contributed by atoms with Crippen molar-refractivity contribution in [3.63, 3.8) is 0 Å². The third kappa shape index (κ3) is 1.43. The quantitative estimate of drug-likeness (QED) is 0.678. The minimum atomic E-state index is 0.852. The number of fused-ring (bicyclic) bond motifs is 1. The first-order chi connectivity index (χ1) is 7.33. The summed E-state index contributed by atoms with van der Waals surface area (Å²) in [5.74, 6) is 0.852. The van der Waals surface area contributed by atoms with E-state index in [2.05, 4.69) is 34.0 Å². The summed E-state index contributed by atoms with van der Waals surface area (Å²) in [5, 5.41) is 2.89. The van der Waals surface area contributed by atoms with Gasteiger partial charge in [0.25, 0.3) is 0 Å². The molecule has 3 aromatic rings. The first kappa shape index (κ1) is 8.61. The highest BCUT2D eigenvalue weighted by molar-refractivity contribution is 7.13. The number of hydrogen-bond donors (Lipinski definition) is 1. The highest BCUT2D eigenvalue weighted by Gasteiger charge is 2.06. The minimum absolute atomic E-state index is 0.852. The Balaban J connectivity index is 2.22. The van der Waals surface area contributed by atoms with Crippen molar-refractivity contribution in [1.82, 2.24) is 15.0 Å². The Kier molecular flexibility index (Phi) is 1.82. The molecule has 0 aliphatic rings. The molecule has 3 nitrogen and oxygen atoms in total. The molecular formula is C11H9N3S. The summed E-state index contributed by atoms with van der Waals surface area (Å²) in [6.45, 7) is 2.07. The number of rotatable bonds is 1. The van der Waals surface area contributed by atoms with Crippen LogP contribution in [-0.4, -0.2) is 15.0 Å². The van der Waals surface area contributed by atoms with Crippen LogP contribution >= 0.6 is 11.3 Å². The number of nitrogens with zero attached hydrogens (tertiary/aromatic N) is 2. The molecule has 0 unspecified atom stereocenters. The molecule has 0 amide bonds. The molecule has 15 heavy (non-hydrogen) atoms. The highest BCUT2D eigenvalue weighted by Crippen LogP contribution is 2.22. The van der Waals surface area contributed by atoms with Gasteiger partial charge in [-0.3, -0.25) is 0 Å². The van der Waals surface area contributed by atoms with Gasteiger partial charge in [0.15, 0.2) is 10.8 Å². The normalized spacial score (nSPS) is 11.0. The maximum Gasteiger partial charge on any atom is 0.167 e. The zero-order valence-corrected chi connectivity index (χ0v) is 9.01. The fourth-order valence-corrected chi connectivity index (χ4v) is 2.15. The largest absolute Gasteiger partial charge is 0.336 e. The van der Waals surface area contributed by atoms with Crippen LogP contribution in [0.1, 0.15) is 5.56 Å². The van der Waals surface area contributed by atoms with E-state index in [1.807, 2.05) is 11.4 Å². The number of H-pyrrole nitrogens is 1. The van der Waals surface area contributed by atoms with E-state index in [0.29, 0.717) is 0 Å². The summed E-state index contributed by atoms with van der Waals surface area (Å²) in [6, 6.07) is 6.19. The van der Waals surface area contributed by atoms with E-state index in [-0.39, 0.29) is 0 Å². The molecule has 0 aliphatic heterocycles. The Bertz CT molecular complexity index is 595. The standard InChI is InChI=1S/C11H9N3S/c1-7-2-3-8-9(6-7)14-10(13-8)11-12-4-5-15-11/h2-6H,1H3,(H,13,14). The predicted octanol–water partition coefficient (Wildman–Crippen LogP) is 2.99. The summed E-state index contributed by atoms with van der Waals surface area (Å²) in [4.78, 5) is 12.0. The van der Waals surface area contributed by atoms with Crippen molar-refractivity contribution >= 4 is 22.4 Å². The molecule has 0 bridgehead atoms. The van der Waals surface area contributed by atoms with Crippen molar-refractivity contribution in [2.75, 3.05) is 0 Å². The third-order valence-electron chi connectivity index (χ3n) is 2.27. The maximum absolute atomic E-state index is 4.49. The Morgan fingerprint density at radius 1 is 1.33 bits per heavy atom. The van der Waals surface area contributed by atoms with Gasteiger partial charge in [0.1, 0.15) is 0 Å². The summed E-state index contributed by atoms with van der Waals surface area (Å²) in [7, 11) is 0. The summed E-state index contributed by atoms with van der Waals surface area (Å²) in [5.41, 5.74) is 3.29. The Labute approximate surface area is 90.8 Å². The van der Waals surface area contributed by atoms with Gasteiger partial charge in [0.05, 0.1) is 11.0 Å². The first-order valence-corrected chi connectivity index (χ1v) is 5.57. The molecule has 0 radical (unpaired) electrons. The van der Waals surface area contributed by atoms with Crippen molar-refractivity contribution in [2.24, 2.45) is 0 Å². The van der Waals surface area contributed by atoms with Crippen LogP contribution in [0, 0.1) is 6.92 Å². The molecule has 3 rings (SSSR count). The van der Waals surface area contributed by atoms with Crippen LogP contribution in [0.25, 0.3) is 21.9 Å². The number of aromatic amines is 1. The average Bonchev–Trinajstić information content (AvgIpc) is 2.84. The van der Waals surface area contributed by atoms with E-state index >= 15 is 0 Å². The molecule has 4 heteroatoms. The van der Waals surface area contributed by atoms with Gasteiger partial charge in [-0.1, -0.05) is 6.07 Å². The molecule has 0 fully saturated rings. The Morgan fingerprint density at radius 2 is 2.27 bits per heavy atom. The summed E-state index contributed by atoms with van der Waals surface area (Å²) in [6.07, 6.45) is 1.79. The lowest BCUT2D eigenvalue weighted by Crippen LogP contribution is -1.76. The van der Waals surface area contributed by atoms with Gasteiger partial charge in [-0.15, -0.1) is 11.3 Å². The molecule has 2 aromatic heterocycles. The topological polar surface area (TPSA) is 41.6 Å². The molecular weight excluding hydrogens is 206 g/mol. The van der Waals surface area contributed by atoms with Crippen molar-refractivity contribution < 1.29 is 0 Å². The predicted molar refractivity (Wildman–Crippen MR) is 61.9 cm³/mol. The maximum atomic E-state index is 4.49. The van der Waals surface area contributed by atoms with Gasteiger partial charge < -0.3 is 4.98 Å². The third-order valence-corrected chi connectivity index (χ3v) is 3.05. The molecule has 0 aliphatic carbocycles. The number of thiazole rings is 1. The SMILES string of the molecule is Cc1ccc2nc(-c3nccs3)[nH]c2c1. The number of hydrogen-bond acceptors (Lipinski definition) is 3. The molecule has 74 valence electrons. The van der Waals surface area contributed by atoms with Crippen LogP contribution in [0.3, 0.4) is 0 Å². The highest BCUT2D eigenvalue weighted by atomic mass is 32.1. The second-order valence-corrected chi connectivity index (χ2v) is 4.34. The number of imidazole rings is 1. The van der Waals surface area contributed by atoms with E-state index in [1.54, 1.807) is 17.5 Å². The van der Waals surface area contributed by atoms with Crippen molar-refractivity contribution in [3.8, 4) is 10.8 Å². The lowest BCUT2D eigenvalue weighted by molar-refractivity contribution is 1.29. The van der Waals surface area contributed by atoms with E-state index in [9.17, 15) is 0 Å². The van der Waals surface area contributed by atoms with E-state index < -0.39 is 0 Å². The molecule has 1 N–H and O–H groups in total. The van der Waals surface area contributed by atoms with Crippen molar-refractivity contribution in [2.45, 2.75) is 6.92 Å². The average molecular weight is 215 g/mol. The van der Waals surface area contributed by atoms with Crippen molar-refractivity contribution in [1.29, 1.82) is 0 Å². The molecule has 0 atom stereocenters. The zero-order valence-electron chi connectivity index (χ0n) is 8.19.